The van der Waals surface area contributed by atoms with Crippen LogP contribution in [0, 0.1) is 6.92 Å². The van der Waals surface area contributed by atoms with Crippen LogP contribution in [0.25, 0.3) is 0 Å². The number of hydrogen-bond acceptors (Lipinski definition) is 2. The molecule has 0 aromatic carbocycles. The molecule has 0 saturated heterocycles. The molecule has 0 amide bonds. The second-order valence-corrected chi connectivity index (χ2v) is 3.21. The summed E-state index contributed by atoms with van der Waals surface area (Å²) >= 11 is 3.08. The predicted octanol–water partition coefficient (Wildman–Crippen LogP) is 3.10. The molecule has 5 heteroatoms. The van der Waals surface area contributed by atoms with E-state index < -0.39 is 6.43 Å². The van der Waals surface area contributed by atoms with Crippen molar-refractivity contribution in [3.05, 3.63) is 21.9 Å². The van der Waals surface area contributed by atoms with Crippen molar-refractivity contribution in [3.8, 4) is 5.75 Å². The number of methoxy groups -OCH3 is 1. The van der Waals surface area contributed by atoms with Gasteiger partial charge in [-0.15, -0.1) is 0 Å². The van der Waals surface area contributed by atoms with Crippen LogP contribution in [0.15, 0.2) is 10.8 Å². The summed E-state index contributed by atoms with van der Waals surface area (Å²) in [6.07, 6.45) is -1.27. The Morgan fingerprint density at radius 2 is 2.15 bits per heavy atom. The monoisotopic (exact) mass is 251 g/mol. The van der Waals surface area contributed by atoms with Gasteiger partial charge in [-0.2, -0.15) is 0 Å². The molecule has 1 aromatic rings. The minimum atomic E-state index is -2.55. The minimum absolute atomic E-state index is 0.107. The first-order chi connectivity index (χ1) is 6.07. The second-order valence-electron chi connectivity index (χ2n) is 2.46. The lowest BCUT2D eigenvalue weighted by Crippen LogP contribution is -1.98. The van der Waals surface area contributed by atoms with E-state index in [1.165, 1.54) is 13.3 Å². The van der Waals surface area contributed by atoms with Crippen LogP contribution in [0.2, 0.25) is 0 Å². The number of halogens is 3. The van der Waals surface area contributed by atoms with Crippen molar-refractivity contribution >= 4 is 15.9 Å². The fourth-order valence-corrected chi connectivity index (χ4v) is 1.33. The van der Waals surface area contributed by atoms with E-state index in [1.54, 1.807) is 6.92 Å². The van der Waals surface area contributed by atoms with Gasteiger partial charge in [0.25, 0.3) is 6.43 Å². The normalized spacial score (nSPS) is 10.6. The van der Waals surface area contributed by atoms with Crippen LogP contribution in [-0.2, 0) is 0 Å². The number of rotatable bonds is 2. The summed E-state index contributed by atoms with van der Waals surface area (Å²) in [7, 11) is 1.34. The molecule has 13 heavy (non-hydrogen) atoms. The fourth-order valence-electron chi connectivity index (χ4n) is 1.01. The molecule has 0 atom stereocenters. The van der Waals surface area contributed by atoms with E-state index in [0.717, 1.165) is 0 Å². The van der Waals surface area contributed by atoms with E-state index in [1.807, 2.05) is 0 Å². The van der Waals surface area contributed by atoms with E-state index in [2.05, 4.69) is 20.9 Å². The number of aromatic nitrogens is 1. The Morgan fingerprint density at radius 1 is 1.54 bits per heavy atom. The third-order valence-electron chi connectivity index (χ3n) is 1.71. The largest absolute Gasteiger partial charge is 0.495 e. The molecule has 0 aliphatic heterocycles. The van der Waals surface area contributed by atoms with Gasteiger partial charge in [0.15, 0.2) is 0 Å². The molecule has 0 bridgehead atoms. The van der Waals surface area contributed by atoms with Crippen molar-refractivity contribution in [2.45, 2.75) is 13.3 Å². The Labute approximate surface area is 83.1 Å². The number of hydrogen-bond donors (Lipinski definition) is 0. The molecule has 0 unspecified atom stereocenters. The van der Waals surface area contributed by atoms with Gasteiger partial charge in [0.1, 0.15) is 10.4 Å². The molecular formula is C8H8BrF2NO. The van der Waals surface area contributed by atoms with Crippen LogP contribution in [0.3, 0.4) is 0 Å². The third-order valence-corrected chi connectivity index (χ3v) is 2.51. The van der Waals surface area contributed by atoms with Crippen molar-refractivity contribution in [1.29, 1.82) is 0 Å². The maximum Gasteiger partial charge on any atom is 0.267 e. The van der Waals surface area contributed by atoms with Crippen LogP contribution in [0.5, 0.6) is 5.75 Å². The van der Waals surface area contributed by atoms with Gasteiger partial charge in [-0.1, -0.05) is 0 Å². The Bertz CT molecular complexity index is 317. The van der Waals surface area contributed by atoms with E-state index in [0.29, 0.717) is 10.2 Å². The molecule has 0 N–H and O–H groups in total. The predicted molar refractivity (Wildman–Crippen MR) is 48.2 cm³/mol. The van der Waals surface area contributed by atoms with Crippen LogP contribution in [0.4, 0.5) is 8.78 Å². The van der Waals surface area contributed by atoms with Crippen molar-refractivity contribution in [3.63, 3.8) is 0 Å². The van der Waals surface area contributed by atoms with Gasteiger partial charge in [0.2, 0.25) is 0 Å². The minimum Gasteiger partial charge on any atom is -0.495 e. The summed E-state index contributed by atoms with van der Waals surface area (Å²) in [5, 5.41) is 0. The lowest BCUT2D eigenvalue weighted by Gasteiger charge is -2.10. The van der Waals surface area contributed by atoms with Gasteiger partial charge in [0.05, 0.1) is 18.9 Å². The van der Waals surface area contributed by atoms with E-state index in [9.17, 15) is 8.78 Å². The number of ether oxygens (including phenoxy) is 1. The average Bonchev–Trinajstić information content (AvgIpc) is 2.08. The maximum atomic E-state index is 12.5. The van der Waals surface area contributed by atoms with E-state index in [-0.39, 0.29) is 11.3 Å². The zero-order valence-electron chi connectivity index (χ0n) is 7.14. The smallest absolute Gasteiger partial charge is 0.267 e. The topological polar surface area (TPSA) is 22.1 Å². The molecule has 0 spiro atoms. The quantitative estimate of drug-likeness (QED) is 0.754. The molecule has 0 aliphatic rings. The lowest BCUT2D eigenvalue weighted by molar-refractivity contribution is 0.146. The molecule has 1 aromatic heterocycles. The fraction of sp³-hybridized carbons (Fsp3) is 0.375. The maximum absolute atomic E-state index is 12.5. The van der Waals surface area contributed by atoms with Crippen molar-refractivity contribution in [2.24, 2.45) is 0 Å². The summed E-state index contributed by atoms with van der Waals surface area (Å²) in [4.78, 5) is 3.85. The molecule has 0 radical (unpaired) electrons. The van der Waals surface area contributed by atoms with Crippen LogP contribution >= 0.6 is 15.9 Å². The Hall–Kier alpha value is -0.710. The summed E-state index contributed by atoms with van der Waals surface area (Å²) < 4.78 is 30.3. The first-order valence-corrected chi connectivity index (χ1v) is 4.34. The standard InChI is InChI=1S/C8H8BrF2NO/c1-4-6(8(10)11)5(13-2)3-12-7(4)9/h3,8H,1-2H3. The highest BCUT2D eigenvalue weighted by Gasteiger charge is 2.18. The highest BCUT2D eigenvalue weighted by Crippen LogP contribution is 2.33. The van der Waals surface area contributed by atoms with E-state index >= 15 is 0 Å². The zero-order chi connectivity index (χ0) is 10.0. The molecule has 0 fully saturated rings. The Morgan fingerprint density at radius 3 is 2.62 bits per heavy atom. The first-order valence-electron chi connectivity index (χ1n) is 3.55. The molecular weight excluding hydrogens is 244 g/mol. The molecule has 72 valence electrons. The number of pyridine rings is 1. The molecule has 1 heterocycles. The first kappa shape index (κ1) is 10.4. The van der Waals surface area contributed by atoms with Crippen molar-refractivity contribution in [1.82, 2.24) is 4.98 Å². The third kappa shape index (κ3) is 1.96. The highest BCUT2D eigenvalue weighted by molar-refractivity contribution is 9.10. The van der Waals surface area contributed by atoms with Gasteiger partial charge in [-0.3, -0.25) is 0 Å². The average molecular weight is 252 g/mol. The van der Waals surface area contributed by atoms with Gasteiger partial charge >= 0.3 is 0 Å². The van der Waals surface area contributed by atoms with Gasteiger partial charge < -0.3 is 4.74 Å². The van der Waals surface area contributed by atoms with Gasteiger partial charge in [-0.05, 0) is 28.4 Å². The Balaban J connectivity index is 3.32. The zero-order valence-corrected chi connectivity index (χ0v) is 8.73. The van der Waals surface area contributed by atoms with Crippen molar-refractivity contribution in [2.75, 3.05) is 7.11 Å². The number of alkyl halides is 2. The van der Waals surface area contributed by atoms with Crippen molar-refractivity contribution < 1.29 is 13.5 Å². The van der Waals surface area contributed by atoms with Gasteiger partial charge in [0, 0.05) is 0 Å². The molecule has 0 saturated carbocycles. The molecule has 2 nitrogen and oxygen atoms in total. The summed E-state index contributed by atoms with van der Waals surface area (Å²) in [6, 6.07) is 0. The second kappa shape index (κ2) is 4.00. The Kier molecular flexibility index (Phi) is 3.19. The van der Waals surface area contributed by atoms with E-state index in [4.69, 9.17) is 4.74 Å². The number of nitrogens with zero attached hydrogens (tertiary/aromatic N) is 1. The SMILES string of the molecule is COc1cnc(Br)c(C)c1C(F)F. The van der Waals surface area contributed by atoms with Crippen LogP contribution in [-0.4, -0.2) is 12.1 Å². The highest BCUT2D eigenvalue weighted by atomic mass is 79.9. The lowest BCUT2D eigenvalue weighted by atomic mass is 10.1. The van der Waals surface area contributed by atoms with Gasteiger partial charge in [-0.25, -0.2) is 13.8 Å². The summed E-state index contributed by atoms with van der Waals surface area (Å²) in [6.45, 7) is 1.57. The van der Waals surface area contributed by atoms with Crippen LogP contribution < -0.4 is 4.74 Å². The van der Waals surface area contributed by atoms with Crippen LogP contribution in [0.1, 0.15) is 17.6 Å². The molecule has 1 rings (SSSR count). The summed E-state index contributed by atoms with van der Waals surface area (Å²) in [5.74, 6) is 0.121. The molecule has 0 aliphatic carbocycles. The summed E-state index contributed by atoms with van der Waals surface area (Å²) in [5.41, 5.74) is 0.304.